The largest absolute Gasteiger partial charge is 0.487 e. The third kappa shape index (κ3) is 2.81. The SMILES string of the molecule is FC(F)(F)c1ccc2c(c1)N1CC=C(N3CCNCC3)c3cccc(c31)CO2. The van der Waals surface area contributed by atoms with Gasteiger partial charge >= 0.3 is 6.18 Å². The number of anilines is 2. The molecule has 7 heteroatoms. The van der Waals surface area contributed by atoms with E-state index in [9.17, 15) is 13.2 Å². The van der Waals surface area contributed by atoms with Gasteiger partial charge in [0.2, 0.25) is 0 Å². The lowest BCUT2D eigenvalue weighted by Crippen LogP contribution is -2.43. The minimum absolute atomic E-state index is 0.340. The maximum absolute atomic E-state index is 13.3. The van der Waals surface area contributed by atoms with Crippen LogP contribution < -0.4 is 15.0 Å². The molecule has 3 aliphatic heterocycles. The molecule has 0 bridgehead atoms. The Kier molecular flexibility index (Phi) is 4.01. The molecule has 0 amide bonds. The van der Waals surface area contributed by atoms with Crippen molar-refractivity contribution in [3.8, 4) is 5.75 Å². The molecule has 2 aromatic rings. The molecule has 3 aliphatic rings. The average Bonchev–Trinajstić information content (AvgIpc) is 2.86. The Morgan fingerprint density at radius 3 is 2.64 bits per heavy atom. The predicted molar refractivity (Wildman–Crippen MR) is 102 cm³/mol. The van der Waals surface area contributed by atoms with Gasteiger partial charge in [-0.25, -0.2) is 0 Å². The predicted octanol–water partition coefficient (Wildman–Crippen LogP) is 4.00. The van der Waals surface area contributed by atoms with Gasteiger partial charge in [-0.15, -0.1) is 0 Å². The van der Waals surface area contributed by atoms with Crippen LogP contribution in [0.2, 0.25) is 0 Å². The Bertz CT molecular complexity index is 948. The highest BCUT2D eigenvalue weighted by atomic mass is 19.4. The number of benzene rings is 2. The van der Waals surface area contributed by atoms with Crippen LogP contribution in [0, 0.1) is 0 Å². The van der Waals surface area contributed by atoms with E-state index in [-0.39, 0.29) is 0 Å². The summed E-state index contributed by atoms with van der Waals surface area (Å²) >= 11 is 0. The second-order valence-corrected chi connectivity index (χ2v) is 7.22. The van der Waals surface area contributed by atoms with E-state index in [1.165, 1.54) is 12.1 Å². The Morgan fingerprint density at radius 1 is 1.04 bits per heavy atom. The number of halogens is 3. The zero-order valence-electron chi connectivity index (χ0n) is 15.2. The molecule has 0 spiro atoms. The van der Waals surface area contributed by atoms with Gasteiger partial charge in [0.25, 0.3) is 0 Å². The third-order valence-corrected chi connectivity index (χ3v) is 5.55. The molecular weight excluding hydrogens is 367 g/mol. The van der Waals surface area contributed by atoms with Crippen molar-refractivity contribution < 1.29 is 17.9 Å². The third-order valence-electron chi connectivity index (χ3n) is 5.55. The molecule has 5 rings (SSSR count). The van der Waals surface area contributed by atoms with Crippen LogP contribution in [0.1, 0.15) is 16.7 Å². The first-order valence-electron chi connectivity index (χ1n) is 9.42. The molecule has 1 fully saturated rings. The normalized spacial score (nSPS) is 18.6. The zero-order valence-corrected chi connectivity index (χ0v) is 15.2. The summed E-state index contributed by atoms with van der Waals surface area (Å²) in [6.45, 7) is 4.55. The monoisotopic (exact) mass is 387 g/mol. The smallest absolute Gasteiger partial charge is 0.416 e. The summed E-state index contributed by atoms with van der Waals surface area (Å²) in [6.07, 6.45) is -2.27. The van der Waals surface area contributed by atoms with Crippen molar-refractivity contribution in [3.05, 3.63) is 59.2 Å². The number of nitrogens with zero attached hydrogens (tertiary/aromatic N) is 2. The molecule has 146 valence electrons. The first kappa shape index (κ1) is 17.4. The number of nitrogens with one attached hydrogen (secondary N) is 1. The molecule has 2 aromatic carbocycles. The minimum Gasteiger partial charge on any atom is -0.487 e. The van der Waals surface area contributed by atoms with Crippen LogP contribution >= 0.6 is 0 Å². The highest BCUT2D eigenvalue weighted by Crippen LogP contribution is 2.47. The highest BCUT2D eigenvalue weighted by Gasteiger charge is 2.34. The lowest BCUT2D eigenvalue weighted by molar-refractivity contribution is -0.137. The van der Waals surface area contributed by atoms with Crippen molar-refractivity contribution in [1.29, 1.82) is 0 Å². The molecule has 1 N–H and O–H groups in total. The van der Waals surface area contributed by atoms with Crippen molar-refractivity contribution in [1.82, 2.24) is 10.2 Å². The van der Waals surface area contributed by atoms with E-state index < -0.39 is 11.7 Å². The summed E-state index contributed by atoms with van der Waals surface area (Å²) in [4.78, 5) is 4.30. The van der Waals surface area contributed by atoms with E-state index in [2.05, 4.69) is 22.4 Å². The lowest BCUT2D eigenvalue weighted by Gasteiger charge is -2.38. The summed E-state index contributed by atoms with van der Waals surface area (Å²) in [5, 5.41) is 3.36. The van der Waals surface area contributed by atoms with Gasteiger partial charge in [-0.2, -0.15) is 13.2 Å². The summed E-state index contributed by atoms with van der Waals surface area (Å²) in [6, 6.07) is 9.75. The molecule has 0 radical (unpaired) electrons. The summed E-state index contributed by atoms with van der Waals surface area (Å²) in [5.74, 6) is 0.481. The fourth-order valence-corrected chi connectivity index (χ4v) is 4.22. The lowest BCUT2D eigenvalue weighted by atomic mass is 9.98. The first-order chi connectivity index (χ1) is 13.5. The maximum atomic E-state index is 13.3. The van der Waals surface area contributed by atoms with Gasteiger partial charge in [0.1, 0.15) is 12.4 Å². The quantitative estimate of drug-likeness (QED) is 0.801. The summed E-state index contributed by atoms with van der Waals surface area (Å²) in [5.41, 5.74) is 3.97. The van der Waals surface area contributed by atoms with Crippen molar-refractivity contribution in [2.75, 3.05) is 37.6 Å². The van der Waals surface area contributed by atoms with Crippen molar-refractivity contribution >= 4 is 17.1 Å². The Balaban J connectivity index is 1.63. The Hall–Kier alpha value is -2.67. The highest BCUT2D eigenvalue weighted by molar-refractivity contribution is 5.87. The number of para-hydroxylation sites is 1. The van der Waals surface area contributed by atoms with E-state index in [1.807, 2.05) is 17.0 Å². The fourth-order valence-electron chi connectivity index (χ4n) is 4.22. The van der Waals surface area contributed by atoms with Crippen LogP contribution in [-0.2, 0) is 12.8 Å². The number of rotatable bonds is 1. The number of piperazine rings is 1. The molecule has 0 aromatic heterocycles. The standard InChI is InChI=1S/C21H20F3N3O/c22-21(23,24)15-4-5-19-18(12-15)27-9-6-17(26-10-7-25-8-11-26)16-3-1-2-14(13-28-19)20(16)27/h1-6,12,25H,7-11,13H2. The van der Waals surface area contributed by atoms with Crippen LogP contribution in [0.4, 0.5) is 24.5 Å². The molecule has 4 nitrogen and oxygen atoms in total. The Labute approximate surface area is 161 Å². The molecule has 3 heterocycles. The molecule has 0 aliphatic carbocycles. The summed E-state index contributed by atoms with van der Waals surface area (Å²) < 4.78 is 45.8. The number of hydrogen-bond donors (Lipinski definition) is 1. The first-order valence-corrected chi connectivity index (χ1v) is 9.42. The molecule has 0 saturated carbocycles. The number of fused-ring (bicyclic) bond motifs is 2. The fraction of sp³-hybridized carbons (Fsp3) is 0.333. The van der Waals surface area contributed by atoms with Gasteiger partial charge in [-0.3, -0.25) is 0 Å². The van der Waals surface area contributed by atoms with Crippen LogP contribution in [0.5, 0.6) is 5.75 Å². The van der Waals surface area contributed by atoms with Crippen LogP contribution in [0.15, 0.2) is 42.5 Å². The van der Waals surface area contributed by atoms with Crippen molar-refractivity contribution in [3.63, 3.8) is 0 Å². The van der Waals surface area contributed by atoms with Crippen LogP contribution in [-0.4, -0.2) is 37.6 Å². The topological polar surface area (TPSA) is 27.7 Å². The van der Waals surface area contributed by atoms with Gasteiger partial charge in [0, 0.05) is 49.5 Å². The molecule has 0 atom stereocenters. The zero-order chi connectivity index (χ0) is 19.3. The second-order valence-electron chi connectivity index (χ2n) is 7.22. The Morgan fingerprint density at radius 2 is 1.86 bits per heavy atom. The molecular formula is C21H20F3N3O. The molecule has 0 unspecified atom stereocenters. The summed E-state index contributed by atoms with van der Waals surface area (Å²) in [7, 11) is 0. The van der Waals surface area contributed by atoms with Gasteiger partial charge < -0.3 is 19.9 Å². The van der Waals surface area contributed by atoms with Crippen LogP contribution in [0.3, 0.4) is 0 Å². The van der Waals surface area contributed by atoms with Crippen molar-refractivity contribution in [2.45, 2.75) is 12.8 Å². The van der Waals surface area contributed by atoms with Crippen LogP contribution in [0.25, 0.3) is 5.70 Å². The van der Waals surface area contributed by atoms with E-state index in [0.717, 1.165) is 54.8 Å². The van der Waals surface area contributed by atoms with Gasteiger partial charge in [-0.05, 0) is 24.3 Å². The molecule has 28 heavy (non-hydrogen) atoms. The van der Waals surface area contributed by atoms with Gasteiger partial charge in [0.05, 0.1) is 16.9 Å². The number of ether oxygens (including phenoxy) is 1. The van der Waals surface area contributed by atoms with E-state index in [4.69, 9.17) is 4.74 Å². The minimum atomic E-state index is -4.39. The van der Waals surface area contributed by atoms with Crippen molar-refractivity contribution in [2.24, 2.45) is 0 Å². The average molecular weight is 387 g/mol. The van der Waals surface area contributed by atoms with E-state index in [1.54, 1.807) is 0 Å². The molecule has 1 saturated heterocycles. The second kappa shape index (κ2) is 6.44. The van der Waals surface area contributed by atoms with E-state index in [0.29, 0.717) is 24.6 Å². The van der Waals surface area contributed by atoms with Gasteiger partial charge in [0.15, 0.2) is 0 Å². The number of alkyl halides is 3. The van der Waals surface area contributed by atoms with E-state index >= 15 is 0 Å². The maximum Gasteiger partial charge on any atom is 0.416 e. The van der Waals surface area contributed by atoms with Gasteiger partial charge in [-0.1, -0.05) is 18.2 Å². The number of hydrogen-bond acceptors (Lipinski definition) is 4.